The lowest BCUT2D eigenvalue weighted by Crippen LogP contribution is -2.03. The Labute approximate surface area is 118 Å². The molecule has 0 atom stereocenters. The summed E-state index contributed by atoms with van der Waals surface area (Å²) in [6.45, 7) is 0. The second kappa shape index (κ2) is 5.80. The van der Waals surface area contributed by atoms with Gasteiger partial charge in [-0.05, 0) is 46.9 Å². The lowest BCUT2D eigenvalue weighted by molar-refractivity contribution is 0.341. The Hall–Kier alpha value is -1.64. The molecule has 0 fully saturated rings. The fraction of sp³-hybridized carbons (Fsp3) is 0.182. The number of ether oxygens (including phenoxy) is 2. The van der Waals surface area contributed by atoms with Crippen molar-refractivity contribution in [3.8, 4) is 12.0 Å². The molecule has 0 bridgehead atoms. The van der Waals surface area contributed by atoms with Crippen molar-refractivity contribution in [2.45, 2.75) is 0 Å². The van der Waals surface area contributed by atoms with Crippen molar-refractivity contribution in [3.05, 3.63) is 27.8 Å². The zero-order chi connectivity index (χ0) is 13.0. The molecule has 18 heavy (non-hydrogen) atoms. The maximum atomic E-state index is 4.97. The molecule has 6 nitrogen and oxygen atoms in total. The Morgan fingerprint density at radius 3 is 2.00 bits per heavy atom. The van der Waals surface area contributed by atoms with E-state index in [-0.39, 0.29) is 12.0 Å². The number of benzene rings is 1. The number of nitrogens with zero attached hydrogens (tertiary/aromatic N) is 3. The van der Waals surface area contributed by atoms with Crippen LogP contribution in [0.25, 0.3) is 0 Å². The number of aromatic nitrogens is 3. The highest BCUT2D eigenvalue weighted by Gasteiger charge is 2.07. The van der Waals surface area contributed by atoms with Crippen LogP contribution in [0.3, 0.4) is 0 Å². The first-order valence-electron chi connectivity index (χ1n) is 5.08. The maximum Gasteiger partial charge on any atom is 0.324 e. The van der Waals surface area contributed by atoms with Crippen LogP contribution >= 0.6 is 22.6 Å². The van der Waals surface area contributed by atoms with Gasteiger partial charge in [0, 0.05) is 9.26 Å². The summed E-state index contributed by atoms with van der Waals surface area (Å²) in [4.78, 5) is 12.1. The van der Waals surface area contributed by atoms with Gasteiger partial charge in [0.25, 0.3) is 0 Å². The number of nitrogens with one attached hydrogen (secondary N) is 1. The van der Waals surface area contributed by atoms with Gasteiger partial charge in [-0.3, -0.25) is 0 Å². The summed E-state index contributed by atoms with van der Waals surface area (Å²) >= 11 is 2.24. The Balaban J connectivity index is 2.25. The van der Waals surface area contributed by atoms with Crippen molar-refractivity contribution < 1.29 is 9.47 Å². The van der Waals surface area contributed by atoms with Crippen LogP contribution < -0.4 is 14.8 Å². The van der Waals surface area contributed by atoms with Gasteiger partial charge in [-0.1, -0.05) is 0 Å². The third kappa shape index (κ3) is 3.19. The number of hydrogen-bond acceptors (Lipinski definition) is 6. The Morgan fingerprint density at radius 2 is 1.50 bits per heavy atom. The SMILES string of the molecule is COc1nc(Nc2ccc(I)cc2)nc(OC)n1. The molecule has 2 aromatic rings. The van der Waals surface area contributed by atoms with Crippen LogP contribution in [0.15, 0.2) is 24.3 Å². The lowest BCUT2D eigenvalue weighted by atomic mass is 10.3. The van der Waals surface area contributed by atoms with Crippen molar-refractivity contribution in [1.82, 2.24) is 15.0 Å². The standard InChI is InChI=1S/C11H11IN4O2/c1-17-10-14-9(15-11(16-10)18-2)13-8-5-3-7(12)4-6-8/h3-6H,1-2H3,(H,13,14,15,16). The highest BCUT2D eigenvalue weighted by atomic mass is 127. The minimum atomic E-state index is 0.204. The van der Waals surface area contributed by atoms with E-state index in [9.17, 15) is 0 Å². The number of anilines is 2. The van der Waals surface area contributed by atoms with Gasteiger partial charge in [0.15, 0.2) is 0 Å². The quantitative estimate of drug-likeness (QED) is 0.846. The number of halogens is 1. The molecular weight excluding hydrogens is 347 g/mol. The molecule has 0 saturated heterocycles. The molecular formula is C11H11IN4O2. The van der Waals surface area contributed by atoms with Crippen molar-refractivity contribution in [1.29, 1.82) is 0 Å². The molecule has 0 aliphatic heterocycles. The van der Waals surface area contributed by atoms with Crippen LogP contribution in [0.1, 0.15) is 0 Å². The van der Waals surface area contributed by atoms with Gasteiger partial charge < -0.3 is 14.8 Å². The lowest BCUT2D eigenvalue weighted by Gasteiger charge is -2.07. The van der Waals surface area contributed by atoms with E-state index >= 15 is 0 Å². The van der Waals surface area contributed by atoms with E-state index in [1.54, 1.807) is 0 Å². The average Bonchev–Trinajstić information content (AvgIpc) is 2.41. The zero-order valence-electron chi connectivity index (χ0n) is 9.85. The van der Waals surface area contributed by atoms with Gasteiger partial charge in [-0.2, -0.15) is 9.97 Å². The molecule has 0 unspecified atom stereocenters. The maximum absolute atomic E-state index is 4.97. The van der Waals surface area contributed by atoms with Crippen LogP contribution in [0.5, 0.6) is 12.0 Å². The molecule has 94 valence electrons. The molecule has 2 rings (SSSR count). The molecule has 0 amide bonds. The average molecular weight is 358 g/mol. The summed E-state index contributed by atoms with van der Waals surface area (Å²) in [6.07, 6.45) is 0. The predicted molar refractivity (Wildman–Crippen MR) is 75.4 cm³/mol. The highest BCUT2D eigenvalue weighted by Crippen LogP contribution is 2.18. The van der Waals surface area contributed by atoms with Gasteiger partial charge in [0.05, 0.1) is 14.2 Å². The van der Waals surface area contributed by atoms with Crippen molar-refractivity contribution in [2.75, 3.05) is 19.5 Å². The summed E-state index contributed by atoms with van der Waals surface area (Å²) < 4.78 is 11.1. The third-order valence-corrected chi connectivity index (χ3v) is 2.78. The fourth-order valence-electron chi connectivity index (χ4n) is 1.24. The topological polar surface area (TPSA) is 69.2 Å². The third-order valence-electron chi connectivity index (χ3n) is 2.06. The molecule has 1 heterocycles. The van der Waals surface area contributed by atoms with Crippen molar-refractivity contribution in [2.24, 2.45) is 0 Å². The van der Waals surface area contributed by atoms with E-state index in [1.807, 2.05) is 24.3 Å². The van der Waals surface area contributed by atoms with Gasteiger partial charge >= 0.3 is 12.0 Å². The monoisotopic (exact) mass is 358 g/mol. The smallest absolute Gasteiger partial charge is 0.324 e. The largest absolute Gasteiger partial charge is 0.467 e. The summed E-state index contributed by atoms with van der Waals surface area (Å²) in [7, 11) is 2.98. The van der Waals surface area contributed by atoms with E-state index in [2.05, 4.69) is 42.9 Å². The van der Waals surface area contributed by atoms with Crippen LogP contribution in [0.2, 0.25) is 0 Å². The van der Waals surface area contributed by atoms with Crippen LogP contribution in [-0.4, -0.2) is 29.2 Å². The fourth-order valence-corrected chi connectivity index (χ4v) is 1.60. The molecule has 0 aliphatic carbocycles. The van der Waals surface area contributed by atoms with Crippen molar-refractivity contribution >= 4 is 34.2 Å². The zero-order valence-corrected chi connectivity index (χ0v) is 12.0. The Bertz CT molecular complexity index is 511. The van der Waals surface area contributed by atoms with Gasteiger partial charge in [-0.25, -0.2) is 0 Å². The van der Waals surface area contributed by atoms with Gasteiger partial charge in [-0.15, -0.1) is 4.98 Å². The van der Waals surface area contributed by atoms with E-state index in [0.717, 1.165) is 9.26 Å². The Kier molecular flexibility index (Phi) is 4.13. The Morgan fingerprint density at radius 1 is 0.944 bits per heavy atom. The second-order valence-electron chi connectivity index (χ2n) is 3.26. The van der Waals surface area contributed by atoms with E-state index in [4.69, 9.17) is 9.47 Å². The van der Waals surface area contributed by atoms with Crippen LogP contribution in [0.4, 0.5) is 11.6 Å². The minimum Gasteiger partial charge on any atom is -0.467 e. The first-order chi connectivity index (χ1) is 8.71. The second-order valence-corrected chi connectivity index (χ2v) is 4.51. The first-order valence-corrected chi connectivity index (χ1v) is 6.16. The van der Waals surface area contributed by atoms with E-state index < -0.39 is 0 Å². The number of methoxy groups -OCH3 is 2. The molecule has 0 radical (unpaired) electrons. The molecule has 1 N–H and O–H groups in total. The predicted octanol–water partition coefficient (Wildman–Crippen LogP) is 2.24. The van der Waals surface area contributed by atoms with E-state index in [1.165, 1.54) is 14.2 Å². The van der Waals surface area contributed by atoms with E-state index in [0.29, 0.717) is 5.95 Å². The summed E-state index contributed by atoms with van der Waals surface area (Å²) in [5.74, 6) is 0.375. The first kappa shape index (κ1) is 12.8. The molecule has 0 aliphatic rings. The van der Waals surface area contributed by atoms with Crippen LogP contribution in [0, 0.1) is 3.57 Å². The van der Waals surface area contributed by atoms with Gasteiger partial charge in [0.1, 0.15) is 0 Å². The number of rotatable bonds is 4. The summed E-state index contributed by atoms with van der Waals surface area (Å²) in [6, 6.07) is 8.25. The molecule has 1 aromatic heterocycles. The molecule has 0 spiro atoms. The summed E-state index contributed by atoms with van der Waals surface area (Å²) in [5.41, 5.74) is 0.880. The molecule has 0 saturated carbocycles. The minimum absolute atomic E-state index is 0.204. The number of hydrogen-bond donors (Lipinski definition) is 1. The highest BCUT2D eigenvalue weighted by molar-refractivity contribution is 14.1. The van der Waals surface area contributed by atoms with Crippen molar-refractivity contribution in [3.63, 3.8) is 0 Å². The van der Waals surface area contributed by atoms with Gasteiger partial charge in [0.2, 0.25) is 5.95 Å². The van der Waals surface area contributed by atoms with Crippen LogP contribution in [-0.2, 0) is 0 Å². The molecule has 7 heteroatoms. The summed E-state index contributed by atoms with van der Waals surface area (Å²) in [5, 5.41) is 3.06. The molecule has 1 aromatic carbocycles. The normalized spacial score (nSPS) is 9.94.